The van der Waals surface area contributed by atoms with Crippen LogP contribution in [0.5, 0.6) is 11.5 Å². The molecule has 0 unspecified atom stereocenters. The number of hydrogen-bond donors (Lipinski definition) is 0. The molecule has 0 amide bonds. The fraction of sp³-hybridized carbons (Fsp3) is 0.226. The van der Waals surface area contributed by atoms with Crippen molar-refractivity contribution in [3.05, 3.63) is 198 Å². The van der Waals surface area contributed by atoms with Crippen LogP contribution in [-0.4, -0.2) is 30.5 Å². The molecular weight excluding hydrogens is 1140 g/mol. The molecule has 2 aliphatic rings. The van der Waals surface area contributed by atoms with Gasteiger partial charge in [-0.2, -0.15) is 0 Å². The van der Waals surface area contributed by atoms with E-state index in [0.29, 0.717) is 11.5 Å². The first kappa shape index (κ1) is 47.1. The molecule has 0 bridgehead atoms. The summed E-state index contributed by atoms with van der Waals surface area (Å²) in [5.41, 5.74) is 17.3. The predicted molar refractivity (Wildman–Crippen MR) is 284 cm³/mol. The Morgan fingerprint density at radius 2 is 1.16 bits per heavy atom. The number of rotatable bonds is 7. The van der Waals surface area contributed by atoms with Gasteiger partial charge in [0, 0.05) is 49.3 Å². The number of nitrogens with zero attached hydrogens (tertiary/aromatic N) is 4. The van der Waals surface area contributed by atoms with Gasteiger partial charge in [0.2, 0.25) is 0 Å². The van der Waals surface area contributed by atoms with Gasteiger partial charge < -0.3 is 9.80 Å². The van der Waals surface area contributed by atoms with Crippen molar-refractivity contribution >= 4 is 65.5 Å². The van der Waals surface area contributed by atoms with E-state index in [1.165, 1.54) is 54.5 Å². The Kier molecular flexibility index (Phi) is 12.2. The molecule has 0 N–H and O–H groups in total. The van der Waals surface area contributed by atoms with Gasteiger partial charge in [-0.1, -0.05) is 114 Å². The maximum atomic E-state index is 6.97. The van der Waals surface area contributed by atoms with Crippen molar-refractivity contribution in [1.29, 1.82) is 0 Å². The normalized spacial score (nSPS) is 13.8. The van der Waals surface area contributed by atoms with E-state index in [1.54, 1.807) is 0 Å². The molecule has 11 rings (SSSR count). The first-order valence-electron chi connectivity index (χ1n) is 23.7. The first-order chi connectivity index (χ1) is 32.6. The quantitative estimate of drug-likeness (QED) is 0.118. The van der Waals surface area contributed by atoms with E-state index in [2.05, 4.69) is 247 Å². The molecule has 5 nitrogen and oxygen atoms in total. The number of pyridine rings is 1. The Hall–Kier alpha value is -5.63. The number of para-hydroxylation sites is 3. The van der Waals surface area contributed by atoms with Crippen LogP contribution >= 0.6 is 0 Å². The number of anilines is 4. The van der Waals surface area contributed by atoms with Crippen LogP contribution in [0.15, 0.2) is 152 Å². The minimum Gasteiger partial charge on any atom is -0.493 e. The van der Waals surface area contributed by atoms with E-state index in [0.717, 1.165) is 55.0 Å². The van der Waals surface area contributed by atoms with Crippen molar-refractivity contribution in [3.63, 3.8) is 0 Å². The van der Waals surface area contributed by atoms with E-state index in [1.807, 2.05) is 0 Å². The van der Waals surface area contributed by atoms with E-state index in [4.69, 9.17) is 9.72 Å². The minimum absolute atomic E-state index is 0. The Morgan fingerprint density at radius 1 is 0.565 bits per heavy atom. The molecule has 350 valence electrons. The SMILES string of the molecule is CC(C)(C)c1cc(Oc2[c-]c3c(cc2)c2ccccc2n3-c2cc(C(C)(C)C)c3c(n2)C[Te]C3)[c-]c(N2[CH-]N(c3c(-c4ccccc4)cc(C(C)(C)C)cc3-c3ccccc3)c3ccccc32)c1.[Pt]. The Morgan fingerprint density at radius 3 is 1.80 bits per heavy atom. The fourth-order valence-corrected chi connectivity index (χ4v) is 12.9. The summed E-state index contributed by atoms with van der Waals surface area (Å²) in [4.78, 5) is 10.1. The van der Waals surface area contributed by atoms with Crippen molar-refractivity contribution in [1.82, 2.24) is 9.55 Å². The number of fused-ring (bicyclic) bond motifs is 5. The number of ether oxygens (including phenoxy) is 1. The van der Waals surface area contributed by atoms with Crippen molar-refractivity contribution in [2.45, 2.75) is 87.5 Å². The summed E-state index contributed by atoms with van der Waals surface area (Å²) in [7, 11) is 0. The molecule has 0 atom stereocenters. The summed E-state index contributed by atoms with van der Waals surface area (Å²) in [5.74, 6) is 2.22. The first-order valence-corrected chi connectivity index (χ1v) is 27.0. The van der Waals surface area contributed by atoms with Crippen LogP contribution in [0.25, 0.3) is 49.9 Å². The summed E-state index contributed by atoms with van der Waals surface area (Å²) < 4.78 is 11.6. The molecule has 0 saturated carbocycles. The molecule has 0 spiro atoms. The third kappa shape index (κ3) is 8.73. The topological polar surface area (TPSA) is 33.5 Å². The van der Waals surface area contributed by atoms with Crippen molar-refractivity contribution in [3.8, 4) is 39.6 Å². The van der Waals surface area contributed by atoms with Gasteiger partial charge in [0.25, 0.3) is 0 Å². The molecule has 9 aromatic rings. The van der Waals surface area contributed by atoms with Gasteiger partial charge in [-0.3, -0.25) is 0 Å². The zero-order chi connectivity index (χ0) is 47.1. The summed E-state index contributed by atoms with van der Waals surface area (Å²) in [6, 6.07) is 62.3. The van der Waals surface area contributed by atoms with Crippen LogP contribution in [0.3, 0.4) is 0 Å². The molecule has 7 heteroatoms. The summed E-state index contributed by atoms with van der Waals surface area (Å²) in [6.45, 7) is 22.9. The summed E-state index contributed by atoms with van der Waals surface area (Å²) in [6.07, 6.45) is 0. The number of benzene rings is 7. The number of hydrogen-bond acceptors (Lipinski definition) is 4. The molecule has 2 aromatic heterocycles. The molecule has 0 saturated heterocycles. The van der Waals surface area contributed by atoms with Crippen molar-refractivity contribution in [2.24, 2.45) is 0 Å². The standard InChI is InChI=1S/C62H57N4OTe.Pt/c1-60(2,3)42-30-44(34-46(31-42)67-45-28-29-48-47-24-16-17-25-54(47)66(57(48)35-45)58-36-52(62(7,8)9)51-37-68-38-53(51)63-58)64-39-65(56-27-19-18-26-55(56)64)59-49(40-20-12-10-13-21-40)32-43(61(4,5)6)33-50(59)41-22-14-11-15-23-41;/h10-33,36,39H,37-38H2,1-9H3;/q-3;. The second-order valence-corrected chi connectivity index (χ2v) is 24.2. The van der Waals surface area contributed by atoms with Gasteiger partial charge in [-0.25, -0.2) is 0 Å². The monoisotopic (exact) mass is 1200 g/mol. The van der Waals surface area contributed by atoms with E-state index < -0.39 is 0 Å². The molecule has 0 fully saturated rings. The van der Waals surface area contributed by atoms with Crippen molar-refractivity contribution < 1.29 is 25.8 Å². The fourth-order valence-electron chi connectivity index (χ4n) is 9.84. The van der Waals surface area contributed by atoms with Crippen LogP contribution < -0.4 is 14.5 Å². The summed E-state index contributed by atoms with van der Waals surface area (Å²) >= 11 is -0.109. The third-order valence-corrected chi connectivity index (χ3v) is 16.2. The van der Waals surface area contributed by atoms with Gasteiger partial charge in [0.15, 0.2) is 0 Å². The minimum atomic E-state index is -0.183. The summed E-state index contributed by atoms with van der Waals surface area (Å²) in [5, 5.41) is 2.30. The second-order valence-electron chi connectivity index (χ2n) is 21.4. The van der Waals surface area contributed by atoms with Gasteiger partial charge in [-0.15, -0.1) is 12.7 Å². The molecule has 69 heavy (non-hydrogen) atoms. The van der Waals surface area contributed by atoms with E-state index >= 15 is 0 Å². The zero-order valence-corrected chi connectivity index (χ0v) is 45.4. The van der Waals surface area contributed by atoms with Crippen LogP contribution in [-0.2, 0) is 46.2 Å². The number of aromatic nitrogens is 2. The van der Waals surface area contributed by atoms with Crippen LogP contribution in [0.2, 0.25) is 0 Å². The average Bonchev–Trinajstić information content (AvgIpc) is 4.05. The van der Waals surface area contributed by atoms with Gasteiger partial charge in [0.05, 0.1) is 0 Å². The Bertz CT molecular complexity index is 3330. The molecule has 4 heterocycles. The van der Waals surface area contributed by atoms with E-state index in [-0.39, 0.29) is 58.2 Å². The van der Waals surface area contributed by atoms with Crippen LogP contribution in [0, 0.1) is 18.8 Å². The maximum absolute atomic E-state index is 6.97. The zero-order valence-electron chi connectivity index (χ0n) is 40.8. The molecule has 2 aliphatic heterocycles. The van der Waals surface area contributed by atoms with Gasteiger partial charge in [-0.05, 0) is 51.8 Å². The third-order valence-electron chi connectivity index (χ3n) is 13.5. The van der Waals surface area contributed by atoms with Crippen molar-refractivity contribution in [2.75, 3.05) is 9.80 Å². The Balaban J connectivity index is 0.00000553. The van der Waals surface area contributed by atoms with Crippen LogP contribution in [0.1, 0.15) is 90.3 Å². The van der Waals surface area contributed by atoms with Crippen LogP contribution in [0.4, 0.5) is 22.7 Å². The smallest absolute Gasteiger partial charge is 0.493 e. The Labute approximate surface area is 432 Å². The molecule has 0 aliphatic carbocycles. The molecule has 0 radical (unpaired) electrons. The van der Waals surface area contributed by atoms with Gasteiger partial charge in [0.1, 0.15) is 0 Å². The molecular formula is C62H57N4OPtTe-3. The predicted octanol–water partition coefficient (Wildman–Crippen LogP) is 15.9. The second kappa shape index (κ2) is 18.0. The van der Waals surface area contributed by atoms with E-state index in [9.17, 15) is 0 Å². The molecule has 7 aromatic carbocycles. The van der Waals surface area contributed by atoms with Gasteiger partial charge >= 0.3 is 198 Å². The average molecular weight is 1200 g/mol.